The normalized spacial score (nSPS) is 16.1. The lowest BCUT2D eigenvalue weighted by molar-refractivity contribution is 0.0730. The molecule has 134 valence electrons. The molecule has 1 heterocycles. The van der Waals surface area contributed by atoms with Crippen molar-refractivity contribution < 1.29 is 17.9 Å². The summed E-state index contributed by atoms with van der Waals surface area (Å²) in [5.41, 5.74) is 1.02. The summed E-state index contributed by atoms with van der Waals surface area (Å²) < 4.78 is 32.4. The van der Waals surface area contributed by atoms with Crippen LogP contribution in [0.5, 0.6) is 0 Å². The van der Waals surface area contributed by atoms with Crippen molar-refractivity contribution in [3.63, 3.8) is 0 Å². The number of sulfonamides is 1. The summed E-state index contributed by atoms with van der Waals surface area (Å²) in [6, 6.07) is 4.84. The van der Waals surface area contributed by atoms with Crippen LogP contribution >= 0.6 is 0 Å². The van der Waals surface area contributed by atoms with Gasteiger partial charge in [0.2, 0.25) is 10.0 Å². The van der Waals surface area contributed by atoms with Gasteiger partial charge in [-0.05, 0) is 31.7 Å². The highest BCUT2D eigenvalue weighted by Gasteiger charge is 2.28. The number of aryl methyl sites for hydroxylation is 1. The molecule has 1 fully saturated rings. The second kappa shape index (κ2) is 8.06. The summed E-state index contributed by atoms with van der Waals surface area (Å²) in [5, 5.41) is 2.98. The van der Waals surface area contributed by atoms with Gasteiger partial charge >= 0.3 is 0 Å². The molecule has 0 atom stereocenters. The zero-order chi connectivity index (χ0) is 17.7. The Kier molecular flexibility index (Phi) is 6.34. The van der Waals surface area contributed by atoms with Crippen LogP contribution in [0.4, 0.5) is 0 Å². The van der Waals surface area contributed by atoms with Crippen LogP contribution in [-0.2, 0) is 14.8 Å². The molecule has 1 aliphatic rings. The van der Waals surface area contributed by atoms with E-state index < -0.39 is 10.0 Å². The smallest absolute Gasteiger partial charge is 0.253 e. The maximum atomic E-state index is 12.9. The monoisotopic (exact) mass is 355 g/mol. The Morgan fingerprint density at radius 1 is 1.33 bits per heavy atom. The summed E-state index contributed by atoms with van der Waals surface area (Å²) in [6.45, 7) is 4.42. The van der Waals surface area contributed by atoms with E-state index in [0.29, 0.717) is 50.5 Å². The first-order chi connectivity index (χ1) is 11.4. The fraction of sp³-hybridized carbons (Fsp3) is 0.562. The molecule has 0 bridgehead atoms. The van der Waals surface area contributed by atoms with Crippen molar-refractivity contribution in [1.29, 1.82) is 0 Å². The number of nitrogens with one attached hydrogen (secondary N) is 1. The molecule has 0 spiro atoms. The van der Waals surface area contributed by atoms with Gasteiger partial charge in [0, 0.05) is 38.8 Å². The van der Waals surface area contributed by atoms with Crippen molar-refractivity contribution >= 4 is 15.9 Å². The molecule has 1 saturated heterocycles. The first kappa shape index (κ1) is 18.9. The third-order valence-corrected chi connectivity index (χ3v) is 6.11. The number of amides is 1. The van der Waals surface area contributed by atoms with E-state index in [-0.39, 0.29) is 10.8 Å². The summed E-state index contributed by atoms with van der Waals surface area (Å²) in [7, 11) is -0.100. The van der Waals surface area contributed by atoms with Gasteiger partial charge in [-0.25, -0.2) is 8.42 Å². The van der Waals surface area contributed by atoms with E-state index in [2.05, 4.69) is 5.32 Å². The number of ether oxygens (including phenoxy) is 1. The van der Waals surface area contributed by atoms with Crippen LogP contribution in [0.3, 0.4) is 0 Å². The number of hydrogen-bond acceptors (Lipinski definition) is 5. The van der Waals surface area contributed by atoms with Crippen LogP contribution in [0, 0.1) is 6.92 Å². The molecule has 2 rings (SSSR count). The first-order valence-corrected chi connectivity index (χ1v) is 9.40. The van der Waals surface area contributed by atoms with Crippen molar-refractivity contribution in [2.24, 2.45) is 0 Å². The molecule has 0 unspecified atom stereocenters. The molecule has 1 N–H and O–H groups in total. The first-order valence-electron chi connectivity index (χ1n) is 7.96. The Morgan fingerprint density at radius 2 is 2.00 bits per heavy atom. The number of carbonyl (C=O) groups excluding carboxylic acids is 1. The highest BCUT2D eigenvalue weighted by atomic mass is 32.2. The highest BCUT2D eigenvalue weighted by Crippen LogP contribution is 2.22. The van der Waals surface area contributed by atoms with E-state index in [0.717, 1.165) is 0 Å². The summed E-state index contributed by atoms with van der Waals surface area (Å²) in [6.07, 6.45) is 0. The predicted octanol–water partition coefficient (Wildman–Crippen LogP) is 0.307. The van der Waals surface area contributed by atoms with Gasteiger partial charge in [-0.3, -0.25) is 4.79 Å². The predicted molar refractivity (Wildman–Crippen MR) is 91.6 cm³/mol. The number of nitrogens with zero attached hydrogens (tertiary/aromatic N) is 2. The van der Waals surface area contributed by atoms with Crippen LogP contribution in [0.2, 0.25) is 0 Å². The van der Waals surface area contributed by atoms with Gasteiger partial charge in [0.15, 0.2) is 0 Å². The van der Waals surface area contributed by atoms with Gasteiger partial charge in [-0.15, -0.1) is 0 Å². The third kappa shape index (κ3) is 4.13. The Balaban J connectivity index is 2.29. The van der Waals surface area contributed by atoms with E-state index >= 15 is 0 Å². The van der Waals surface area contributed by atoms with Crippen LogP contribution in [-0.4, -0.2) is 77.0 Å². The summed E-state index contributed by atoms with van der Waals surface area (Å²) in [4.78, 5) is 14.3. The van der Waals surface area contributed by atoms with Gasteiger partial charge in [-0.1, -0.05) is 6.07 Å². The molecule has 0 saturated carbocycles. The lowest BCUT2D eigenvalue weighted by Crippen LogP contribution is -2.41. The van der Waals surface area contributed by atoms with Crippen molar-refractivity contribution in [2.45, 2.75) is 11.8 Å². The molecule has 0 aromatic heterocycles. The van der Waals surface area contributed by atoms with Crippen LogP contribution in [0.15, 0.2) is 23.1 Å². The van der Waals surface area contributed by atoms with E-state index in [1.807, 2.05) is 7.05 Å². The van der Waals surface area contributed by atoms with Crippen molar-refractivity contribution in [3.05, 3.63) is 29.3 Å². The zero-order valence-corrected chi connectivity index (χ0v) is 15.2. The minimum atomic E-state index is -3.62. The highest BCUT2D eigenvalue weighted by molar-refractivity contribution is 7.89. The summed E-state index contributed by atoms with van der Waals surface area (Å²) in [5.74, 6) is -0.191. The Hall–Kier alpha value is -1.48. The van der Waals surface area contributed by atoms with Crippen molar-refractivity contribution in [3.8, 4) is 0 Å². The molecule has 1 amide bonds. The Labute approximate surface area is 143 Å². The Bertz CT molecular complexity index is 685. The maximum absolute atomic E-state index is 12.9. The number of benzene rings is 1. The molecule has 0 radical (unpaired) electrons. The van der Waals surface area contributed by atoms with Crippen LogP contribution in [0.25, 0.3) is 0 Å². The van der Waals surface area contributed by atoms with Crippen LogP contribution in [0.1, 0.15) is 15.9 Å². The lowest BCUT2D eigenvalue weighted by atomic mass is 10.1. The molecule has 1 aliphatic heterocycles. The van der Waals surface area contributed by atoms with Gasteiger partial charge in [0.05, 0.1) is 18.1 Å². The molecule has 1 aromatic carbocycles. The fourth-order valence-electron chi connectivity index (χ4n) is 2.54. The number of likely N-dealkylation sites (N-methyl/N-ethyl adjacent to an activating group) is 2. The van der Waals surface area contributed by atoms with Gasteiger partial charge in [-0.2, -0.15) is 4.31 Å². The van der Waals surface area contributed by atoms with Gasteiger partial charge in [0.1, 0.15) is 0 Å². The molecule has 1 aromatic rings. The van der Waals surface area contributed by atoms with Gasteiger partial charge < -0.3 is 15.0 Å². The number of hydrogen-bond donors (Lipinski definition) is 1. The molecule has 7 nitrogen and oxygen atoms in total. The van der Waals surface area contributed by atoms with E-state index in [1.165, 1.54) is 10.4 Å². The van der Waals surface area contributed by atoms with E-state index in [4.69, 9.17) is 4.74 Å². The van der Waals surface area contributed by atoms with Crippen molar-refractivity contribution in [1.82, 2.24) is 14.5 Å². The second-order valence-electron chi connectivity index (χ2n) is 5.83. The van der Waals surface area contributed by atoms with Gasteiger partial charge in [0.25, 0.3) is 5.91 Å². The third-order valence-electron chi connectivity index (χ3n) is 4.07. The average Bonchev–Trinajstić information content (AvgIpc) is 2.60. The largest absolute Gasteiger partial charge is 0.379 e. The SMILES string of the molecule is CNCCN(C)C(=O)c1ccc(C)c(S(=O)(=O)N2CCOCC2)c1. The minimum absolute atomic E-state index is 0.191. The quantitative estimate of drug-likeness (QED) is 0.794. The second-order valence-corrected chi connectivity index (χ2v) is 7.73. The zero-order valence-electron chi connectivity index (χ0n) is 14.4. The minimum Gasteiger partial charge on any atom is -0.379 e. The number of rotatable bonds is 6. The number of morpholine rings is 1. The molecule has 0 aliphatic carbocycles. The van der Waals surface area contributed by atoms with Crippen LogP contribution < -0.4 is 5.32 Å². The standard InChI is InChI=1S/C16H25N3O4S/c1-13-4-5-14(16(20)18(3)7-6-17-2)12-15(13)24(21,22)19-8-10-23-11-9-19/h4-5,12,17H,6-11H2,1-3H3. The lowest BCUT2D eigenvalue weighted by Gasteiger charge is -2.27. The maximum Gasteiger partial charge on any atom is 0.253 e. The average molecular weight is 355 g/mol. The summed E-state index contributed by atoms with van der Waals surface area (Å²) >= 11 is 0. The van der Waals surface area contributed by atoms with E-state index in [9.17, 15) is 13.2 Å². The number of carbonyl (C=O) groups is 1. The molecular formula is C16H25N3O4S. The Morgan fingerprint density at radius 3 is 2.62 bits per heavy atom. The molecule has 8 heteroatoms. The molecule has 24 heavy (non-hydrogen) atoms. The fourth-order valence-corrected chi connectivity index (χ4v) is 4.20. The van der Waals surface area contributed by atoms with E-state index in [1.54, 1.807) is 31.0 Å². The topological polar surface area (TPSA) is 79.0 Å². The van der Waals surface area contributed by atoms with Crippen molar-refractivity contribution in [2.75, 3.05) is 53.5 Å². The molecular weight excluding hydrogens is 330 g/mol.